The van der Waals surface area contributed by atoms with E-state index in [0.29, 0.717) is 36.8 Å². The highest BCUT2D eigenvalue weighted by atomic mass is 16.2. The van der Waals surface area contributed by atoms with Gasteiger partial charge in [-0.2, -0.15) is 0 Å². The molecule has 0 bridgehead atoms. The highest BCUT2D eigenvalue weighted by Gasteiger charge is 2.43. The first-order chi connectivity index (χ1) is 13.7. The van der Waals surface area contributed by atoms with Crippen LogP contribution in [-0.2, 0) is 9.59 Å². The largest absolute Gasteiger partial charge is 0.356 e. The van der Waals surface area contributed by atoms with Gasteiger partial charge in [-0.3, -0.25) is 14.5 Å². The quantitative estimate of drug-likeness (QED) is 0.771. The molecule has 1 atom stereocenters. The number of rotatable bonds is 6. The minimum Gasteiger partial charge on any atom is -0.356 e. The maximum absolute atomic E-state index is 13.2. The molecular formula is C22H30N4O3. The molecule has 7 nitrogen and oxygen atoms in total. The fourth-order valence-electron chi connectivity index (χ4n) is 3.83. The highest BCUT2D eigenvalue weighted by molar-refractivity contribution is 6.01. The van der Waals surface area contributed by atoms with E-state index in [-0.39, 0.29) is 24.3 Å². The zero-order chi connectivity index (χ0) is 21.3. The molecule has 0 saturated heterocycles. The van der Waals surface area contributed by atoms with Crippen LogP contribution in [0.2, 0.25) is 0 Å². The number of hydrogen-bond donors (Lipinski definition) is 2. The minimum absolute atomic E-state index is 0.0649. The van der Waals surface area contributed by atoms with Crippen molar-refractivity contribution in [3.05, 3.63) is 46.2 Å². The molecule has 0 saturated carbocycles. The molecule has 2 aliphatic heterocycles. The van der Waals surface area contributed by atoms with E-state index in [2.05, 4.69) is 16.7 Å². The van der Waals surface area contributed by atoms with Crippen molar-refractivity contribution in [3.63, 3.8) is 0 Å². The molecule has 2 heterocycles. The molecule has 7 heteroatoms. The summed E-state index contributed by atoms with van der Waals surface area (Å²) in [6.07, 6.45) is 0.248. The number of nitrogens with one attached hydrogen (secondary N) is 2. The number of urea groups is 1. The third-order valence-electron chi connectivity index (χ3n) is 5.49. The van der Waals surface area contributed by atoms with Gasteiger partial charge in [0.05, 0.1) is 23.9 Å². The summed E-state index contributed by atoms with van der Waals surface area (Å²) in [4.78, 5) is 40.9. The Morgan fingerprint density at radius 2 is 2.00 bits per heavy atom. The van der Waals surface area contributed by atoms with Crippen LogP contribution < -0.4 is 10.6 Å². The Balaban J connectivity index is 1.79. The third kappa shape index (κ3) is 4.28. The Morgan fingerprint density at radius 1 is 1.28 bits per heavy atom. The Labute approximate surface area is 172 Å². The zero-order valence-electron chi connectivity index (χ0n) is 17.8. The molecule has 3 rings (SSSR count). The van der Waals surface area contributed by atoms with Gasteiger partial charge in [-0.1, -0.05) is 37.6 Å². The Kier molecular flexibility index (Phi) is 5.96. The van der Waals surface area contributed by atoms with Gasteiger partial charge < -0.3 is 15.5 Å². The van der Waals surface area contributed by atoms with Gasteiger partial charge in [0, 0.05) is 26.6 Å². The second kappa shape index (κ2) is 8.27. The van der Waals surface area contributed by atoms with Crippen LogP contribution in [0.5, 0.6) is 0 Å². The molecule has 0 spiro atoms. The molecule has 0 radical (unpaired) electrons. The maximum atomic E-state index is 13.2. The van der Waals surface area contributed by atoms with Gasteiger partial charge in [0.2, 0.25) is 5.91 Å². The first kappa shape index (κ1) is 20.9. The molecule has 29 heavy (non-hydrogen) atoms. The normalized spacial score (nSPS) is 19.0. The van der Waals surface area contributed by atoms with Crippen molar-refractivity contribution in [2.75, 3.05) is 26.7 Å². The van der Waals surface area contributed by atoms with Crippen molar-refractivity contribution in [2.45, 2.75) is 40.2 Å². The number of carbonyl (C=O) groups is 3. The number of nitrogens with zero attached hydrogens (tertiary/aromatic N) is 2. The molecule has 0 aliphatic carbocycles. The number of benzene rings is 1. The van der Waals surface area contributed by atoms with E-state index < -0.39 is 6.04 Å². The van der Waals surface area contributed by atoms with E-state index in [4.69, 9.17) is 0 Å². The highest BCUT2D eigenvalue weighted by Crippen LogP contribution is 2.36. The fraction of sp³-hybridized carbons (Fsp3) is 0.500. The summed E-state index contributed by atoms with van der Waals surface area (Å²) in [5, 5.41) is 5.84. The summed E-state index contributed by atoms with van der Waals surface area (Å²) < 4.78 is 0. The minimum atomic E-state index is -0.471. The Bertz CT molecular complexity index is 875. The van der Waals surface area contributed by atoms with Gasteiger partial charge in [-0.25, -0.2) is 4.79 Å². The molecule has 0 fully saturated rings. The summed E-state index contributed by atoms with van der Waals surface area (Å²) in [5.41, 5.74) is 4.40. The van der Waals surface area contributed by atoms with Gasteiger partial charge in [0.25, 0.3) is 5.91 Å². The van der Waals surface area contributed by atoms with Gasteiger partial charge >= 0.3 is 6.03 Å². The monoisotopic (exact) mass is 398 g/mol. The smallest absolute Gasteiger partial charge is 0.322 e. The predicted molar refractivity (Wildman–Crippen MR) is 111 cm³/mol. The number of hydrogen-bond acceptors (Lipinski definition) is 3. The maximum Gasteiger partial charge on any atom is 0.322 e. The van der Waals surface area contributed by atoms with E-state index in [1.165, 1.54) is 4.90 Å². The fourth-order valence-corrected chi connectivity index (χ4v) is 3.83. The number of likely N-dealkylation sites (N-methyl/N-ethyl adjacent to an activating group) is 1. The molecule has 2 N–H and O–H groups in total. The summed E-state index contributed by atoms with van der Waals surface area (Å²) in [7, 11) is 1.68. The summed E-state index contributed by atoms with van der Waals surface area (Å²) in [6.45, 7) is 9.38. The topological polar surface area (TPSA) is 81.8 Å². The summed E-state index contributed by atoms with van der Waals surface area (Å²) in [5.74, 6) is 0.198. The molecular weight excluding hydrogens is 368 g/mol. The van der Waals surface area contributed by atoms with E-state index in [1.54, 1.807) is 11.9 Å². The summed E-state index contributed by atoms with van der Waals surface area (Å²) in [6, 6.07) is 5.32. The van der Waals surface area contributed by atoms with Crippen LogP contribution in [0.4, 0.5) is 4.79 Å². The molecule has 2 aliphatic rings. The lowest BCUT2D eigenvalue weighted by molar-refractivity contribution is -0.127. The van der Waals surface area contributed by atoms with Crippen LogP contribution in [-0.4, -0.2) is 54.3 Å². The second-order valence-electron chi connectivity index (χ2n) is 8.34. The van der Waals surface area contributed by atoms with Crippen LogP contribution >= 0.6 is 0 Å². The number of carbonyl (C=O) groups excluding carboxylic acids is 3. The van der Waals surface area contributed by atoms with Gasteiger partial charge in [0.1, 0.15) is 0 Å². The first-order valence-corrected chi connectivity index (χ1v) is 10.1. The van der Waals surface area contributed by atoms with Crippen molar-refractivity contribution in [1.29, 1.82) is 0 Å². The van der Waals surface area contributed by atoms with Crippen LogP contribution in [0, 0.1) is 19.8 Å². The van der Waals surface area contributed by atoms with Crippen molar-refractivity contribution in [2.24, 2.45) is 5.92 Å². The van der Waals surface area contributed by atoms with E-state index in [0.717, 1.165) is 16.7 Å². The average Bonchev–Trinajstić information content (AvgIpc) is 2.98. The van der Waals surface area contributed by atoms with Crippen molar-refractivity contribution < 1.29 is 14.4 Å². The SMILES string of the molecule is Cc1ccc(C2NC(=O)N(C)C3=C2C(=O)N(CCC(=O)NCC(C)C)C3)c(C)c1. The number of aryl methyl sites for hydroxylation is 2. The molecule has 1 unspecified atom stereocenters. The van der Waals surface area contributed by atoms with Crippen LogP contribution in [0.3, 0.4) is 0 Å². The van der Waals surface area contributed by atoms with E-state index >= 15 is 0 Å². The van der Waals surface area contributed by atoms with Gasteiger partial charge in [0.15, 0.2) is 0 Å². The van der Waals surface area contributed by atoms with E-state index in [9.17, 15) is 14.4 Å². The summed E-state index contributed by atoms with van der Waals surface area (Å²) >= 11 is 0. The zero-order valence-corrected chi connectivity index (χ0v) is 17.8. The second-order valence-corrected chi connectivity index (χ2v) is 8.34. The van der Waals surface area contributed by atoms with Gasteiger partial charge in [-0.05, 0) is 30.9 Å². The lowest BCUT2D eigenvalue weighted by Crippen LogP contribution is -2.45. The molecule has 0 aromatic heterocycles. The Morgan fingerprint density at radius 3 is 2.66 bits per heavy atom. The van der Waals surface area contributed by atoms with Crippen molar-refractivity contribution >= 4 is 17.8 Å². The van der Waals surface area contributed by atoms with Crippen molar-refractivity contribution in [3.8, 4) is 0 Å². The van der Waals surface area contributed by atoms with Crippen LogP contribution in [0.25, 0.3) is 0 Å². The van der Waals surface area contributed by atoms with Gasteiger partial charge in [-0.15, -0.1) is 0 Å². The lowest BCUT2D eigenvalue weighted by atomic mass is 9.91. The van der Waals surface area contributed by atoms with Crippen LogP contribution in [0.15, 0.2) is 29.5 Å². The standard InChI is InChI=1S/C22H30N4O3/c1-13(2)11-23-18(27)8-9-26-12-17-19(21(26)28)20(24-22(29)25(17)5)16-7-6-14(3)10-15(16)4/h6-7,10,13,20H,8-9,11-12H2,1-5H3,(H,23,27)(H,24,29). The predicted octanol–water partition coefficient (Wildman–Crippen LogP) is 2.26. The molecule has 4 amide bonds. The van der Waals surface area contributed by atoms with E-state index in [1.807, 2.05) is 39.8 Å². The Hall–Kier alpha value is -2.83. The molecule has 156 valence electrons. The molecule has 1 aromatic rings. The average molecular weight is 399 g/mol. The first-order valence-electron chi connectivity index (χ1n) is 10.1. The van der Waals surface area contributed by atoms with Crippen molar-refractivity contribution in [1.82, 2.24) is 20.4 Å². The third-order valence-corrected chi connectivity index (χ3v) is 5.49. The molecule has 1 aromatic carbocycles. The lowest BCUT2D eigenvalue weighted by Gasteiger charge is -2.31. The number of amides is 4. The van der Waals surface area contributed by atoms with Crippen LogP contribution in [0.1, 0.15) is 43.0 Å².